The molecule has 0 saturated carbocycles. The highest BCUT2D eigenvalue weighted by molar-refractivity contribution is 6.28. The van der Waals surface area contributed by atoms with Crippen LogP contribution in [0.15, 0.2) is 36.5 Å². The number of rotatable bonds is 11. The molecule has 0 aliphatic heterocycles. The summed E-state index contributed by atoms with van der Waals surface area (Å²) in [6, 6.07) is 5.20. The number of unbranched alkanes of at least 4 members (excludes halogenated alkanes) is 6. The highest BCUT2D eigenvalue weighted by atomic mass is 35.5. The largest absolute Gasteiger partial charge is 0.335 e. The number of halogens is 1. The molecule has 128 valence electrons. The molecule has 23 heavy (non-hydrogen) atoms. The number of Topliss-reactive ketones (excluding diaryl/α,β-unsaturated/α-hetero) is 1. The first kappa shape index (κ1) is 19.9. The van der Waals surface area contributed by atoms with E-state index in [9.17, 15) is 9.90 Å². The number of hydrogen-bond acceptors (Lipinski definition) is 2. The molecule has 0 amide bonds. The van der Waals surface area contributed by atoms with Gasteiger partial charge in [0.05, 0.1) is 0 Å². The lowest BCUT2D eigenvalue weighted by Gasteiger charge is -2.22. The van der Waals surface area contributed by atoms with Crippen molar-refractivity contribution in [3.05, 3.63) is 41.7 Å². The van der Waals surface area contributed by atoms with E-state index in [2.05, 4.69) is 13.5 Å². The molecule has 1 unspecified atom stereocenters. The van der Waals surface area contributed by atoms with Gasteiger partial charge in [0, 0.05) is 18.6 Å². The highest BCUT2D eigenvalue weighted by Crippen LogP contribution is 2.22. The Balaban J connectivity index is 2.73. The lowest BCUT2D eigenvalue weighted by Crippen LogP contribution is -2.62. The Bertz CT molecular complexity index is 530. The van der Waals surface area contributed by atoms with Crippen LogP contribution in [0.3, 0.4) is 0 Å². The number of pyridine rings is 1. The van der Waals surface area contributed by atoms with E-state index in [1.165, 1.54) is 30.3 Å². The van der Waals surface area contributed by atoms with Crippen LogP contribution in [0.4, 0.5) is 0 Å². The summed E-state index contributed by atoms with van der Waals surface area (Å²) >= 11 is 6.18. The van der Waals surface area contributed by atoms with Crippen LogP contribution in [0.1, 0.15) is 65.2 Å². The normalized spacial score (nSPS) is 13.6. The smallest absolute Gasteiger partial charge is 0.328 e. The molecule has 1 atom stereocenters. The van der Waals surface area contributed by atoms with Crippen molar-refractivity contribution >= 4 is 17.4 Å². The lowest BCUT2D eigenvalue weighted by atomic mass is 9.95. The molecule has 0 aliphatic carbocycles. The first-order chi connectivity index (χ1) is 10.9. The lowest BCUT2D eigenvalue weighted by molar-refractivity contribution is -0.787. The van der Waals surface area contributed by atoms with Crippen LogP contribution in [-0.2, 0) is 10.5 Å². The van der Waals surface area contributed by atoms with Crippen molar-refractivity contribution in [2.75, 3.05) is 0 Å². The number of aromatic nitrogens is 1. The van der Waals surface area contributed by atoms with Gasteiger partial charge in [-0.1, -0.05) is 52.0 Å². The van der Waals surface area contributed by atoms with Crippen LogP contribution >= 0.6 is 11.6 Å². The van der Waals surface area contributed by atoms with Crippen molar-refractivity contribution in [3.8, 4) is 0 Å². The van der Waals surface area contributed by atoms with Crippen LogP contribution < -0.4 is 4.57 Å². The van der Waals surface area contributed by atoms with E-state index in [1.807, 2.05) is 0 Å². The SMILES string of the molecule is C=C(C)C(=O)C(O)(CCCCCCCCC)[n+]1ccccc1Cl. The van der Waals surface area contributed by atoms with Crippen LogP contribution in [0.25, 0.3) is 0 Å². The average Bonchev–Trinajstić information content (AvgIpc) is 2.53. The summed E-state index contributed by atoms with van der Waals surface area (Å²) in [5.74, 6) is -0.374. The summed E-state index contributed by atoms with van der Waals surface area (Å²) in [6.07, 6.45) is 9.87. The van der Waals surface area contributed by atoms with Crippen molar-refractivity contribution < 1.29 is 14.5 Å². The number of hydrogen-bond donors (Lipinski definition) is 1. The Morgan fingerprint density at radius 2 is 1.83 bits per heavy atom. The molecule has 0 aromatic carbocycles. The summed E-state index contributed by atoms with van der Waals surface area (Å²) in [6.45, 7) is 7.51. The van der Waals surface area contributed by atoms with Crippen molar-refractivity contribution in [3.63, 3.8) is 0 Å². The molecule has 0 spiro atoms. The number of carbonyl (C=O) groups excluding carboxylic acids is 1. The van der Waals surface area contributed by atoms with Crippen LogP contribution in [0, 0.1) is 0 Å². The fourth-order valence-corrected chi connectivity index (χ4v) is 3.00. The van der Waals surface area contributed by atoms with Gasteiger partial charge >= 0.3 is 5.72 Å². The number of aliphatic hydroxyl groups is 1. The third-order valence-electron chi connectivity index (χ3n) is 4.09. The van der Waals surface area contributed by atoms with E-state index < -0.39 is 5.72 Å². The Labute approximate surface area is 145 Å². The molecule has 1 aromatic heterocycles. The Hall–Kier alpha value is -1.19. The number of carbonyl (C=O) groups is 1. The molecular weight excluding hydrogens is 310 g/mol. The summed E-state index contributed by atoms with van der Waals surface area (Å²) in [4.78, 5) is 12.5. The maximum atomic E-state index is 12.5. The Morgan fingerprint density at radius 1 is 1.22 bits per heavy atom. The molecule has 1 heterocycles. The second-order valence-corrected chi connectivity index (χ2v) is 6.58. The van der Waals surface area contributed by atoms with Crippen LogP contribution in [0.2, 0.25) is 5.15 Å². The van der Waals surface area contributed by atoms with E-state index in [-0.39, 0.29) is 5.78 Å². The second kappa shape index (κ2) is 9.84. The third kappa shape index (κ3) is 5.74. The standard InChI is InChI=1S/C19H29ClNO2/c1-4-5-6-7-8-9-11-14-19(23,18(22)16(2)3)21-15-12-10-13-17(21)20/h10,12-13,15,23H,2,4-9,11,14H2,1,3H3/q+1. The summed E-state index contributed by atoms with van der Waals surface area (Å²) in [5.41, 5.74) is -1.31. The topological polar surface area (TPSA) is 41.2 Å². The van der Waals surface area contributed by atoms with Gasteiger partial charge in [-0.05, 0) is 36.6 Å². The monoisotopic (exact) mass is 338 g/mol. The molecular formula is C19H29ClNO2+. The fraction of sp³-hybridized carbons (Fsp3) is 0.579. The maximum absolute atomic E-state index is 12.5. The first-order valence-electron chi connectivity index (χ1n) is 8.53. The van der Waals surface area contributed by atoms with Crippen LogP contribution in [0.5, 0.6) is 0 Å². The highest BCUT2D eigenvalue weighted by Gasteiger charge is 2.46. The van der Waals surface area contributed by atoms with E-state index in [1.54, 1.807) is 31.3 Å². The van der Waals surface area contributed by atoms with E-state index in [0.717, 1.165) is 19.3 Å². The predicted molar refractivity (Wildman–Crippen MR) is 94.3 cm³/mol. The van der Waals surface area contributed by atoms with Gasteiger partial charge in [0.2, 0.25) is 0 Å². The first-order valence-corrected chi connectivity index (χ1v) is 8.90. The minimum absolute atomic E-state index is 0.336. The molecule has 1 aromatic rings. The van der Waals surface area contributed by atoms with E-state index >= 15 is 0 Å². The Morgan fingerprint density at radius 3 is 2.39 bits per heavy atom. The third-order valence-corrected chi connectivity index (χ3v) is 4.40. The van der Waals surface area contributed by atoms with Crippen molar-refractivity contribution in [1.29, 1.82) is 0 Å². The molecule has 4 heteroatoms. The van der Waals surface area contributed by atoms with Gasteiger partial charge in [0.15, 0.2) is 6.20 Å². The van der Waals surface area contributed by atoms with Crippen molar-refractivity contribution in [2.45, 2.75) is 70.9 Å². The van der Waals surface area contributed by atoms with Gasteiger partial charge in [0.1, 0.15) is 0 Å². The van der Waals surface area contributed by atoms with Gasteiger partial charge in [-0.3, -0.25) is 4.79 Å². The zero-order chi connectivity index (χ0) is 17.3. The zero-order valence-electron chi connectivity index (χ0n) is 14.4. The summed E-state index contributed by atoms with van der Waals surface area (Å²) < 4.78 is 1.45. The molecule has 1 rings (SSSR count). The minimum atomic E-state index is -1.65. The predicted octanol–water partition coefficient (Wildman–Crippen LogP) is 4.56. The molecule has 3 nitrogen and oxygen atoms in total. The van der Waals surface area contributed by atoms with E-state index in [0.29, 0.717) is 17.1 Å². The van der Waals surface area contributed by atoms with Gasteiger partial charge < -0.3 is 5.11 Å². The molecule has 0 saturated heterocycles. The molecule has 0 bridgehead atoms. The zero-order valence-corrected chi connectivity index (χ0v) is 15.1. The average molecular weight is 339 g/mol. The van der Waals surface area contributed by atoms with Crippen molar-refractivity contribution in [1.82, 2.24) is 0 Å². The minimum Gasteiger partial charge on any atom is -0.328 e. The quantitative estimate of drug-likeness (QED) is 0.278. The van der Waals surface area contributed by atoms with Crippen molar-refractivity contribution in [2.24, 2.45) is 0 Å². The maximum Gasteiger partial charge on any atom is 0.335 e. The van der Waals surface area contributed by atoms with Gasteiger partial charge in [-0.2, -0.15) is 4.57 Å². The fourth-order valence-electron chi connectivity index (χ4n) is 2.74. The van der Waals surface area contributed by atoms with Crippen LogP contribution in [-0.4, -0.2) is 10.9 Å². The Kier molecular flexibility index (Phi) is 8.49. The molecule has 0 radical (unpaired) electrons. The second-order valence-electron chi connectivity index (χ2n) is 6.19. The van der Waals surface area contributed by atoms with E-state index in [4.69, 9.17) is 11.6 Å². The molecule has 1 N–H and O–H groups in total. The number of ketones is 1. The van der Waals surface area contributed by atoms with Gasteiger partial charge in [-0.25, -0.2) is 0 Å². The summed E-state index contributed by atoms with van der Waals surface area (Å²) in [5, 5.41) is 11.4. The number of nitrogens with zero attached hydrogens (tertiary/aromatic N) is 1. The molecule has 0 fully saturated rings. The van der Waals surface area contributed by atoms with Gasteiger partial charge in [0.25, 0.3) is 10.9 Å². The summed E-state index contributed by atoms with van der Waals surface area (Å²) in [7, 11) is 0. The van der Waals surface area contributed by atoms with Gasteiger partial charge in [-0.15, -0.1) is 0 Å². The molecule has 0 aliphatic rings.